The number of nitrogens with one attached hydrogen (secondary N) is 1. The van der Waals surface area contributed by atoms with Gasteiger partial charge in [0.05, 0.1) is 38.6 Å². The fraction of sp³-hybridized carbons (Fsp3) is 0.345. The zero-order chi connectivity index (χ0) is 25.2. The molecule has 3 aromatic carbocycles. The summed E-state index contributed by atoms with van der Waals surface area (Å²) in [6.07, 6.45) is 0. The summed E-state index contributed by atoms with van der Waals surface area (Å²) in [6.45, 7) is 6.26. The summed E-state index contributed by atoms with van der Waals surface area (Å²) in [5.41, 5.74) is 4.28. The van der Waals surface area contributed by atoms with E-state index in [1.165, 1.54) is 0 Å². The van der Waals surface area contributed by atoms with Crippen molar-refractivity contribution in [1.29, 1.82) is 5.26 Å². The Bertz CT molecular complexity index is 1150. The highest BCUT2D eigenvalue weighted by Crippen LogP contribution is 2.35. The van der Waals surface area contributed by atoms with Gasteiger partial charge in [0.25, 0.3) is 0 Å². The summed E-state index contributed by atoms with van der Waals surface area (Å²) in [5, 5.41) is 13.4. The van der Waals surface area contributed by atoms with Crippen LogP contribution in [0.2, 0.25) is 0 Å². The van der Waals surface area contributed by atoms with Crippen LogP contribution >= 0.6 is 0 Å². The van der Waals surface area contributed by atoms with Gasteiger partial charge in [0.15, 0.2) is 0 Å². The van der Waals surface area contributed by atoms with E-state index in [0.29, 0.717) is 29.4 Å². The quantitative estimate of drug-likeness (QED) is 0.406. The molecular formula is C29H33N3O4. The number of nitrogens with zero attached hydrogens (tertiary/aromatic N) is 2. The number of morpholine rings is 1. The third kappa shape index (κ3) is 6.35. The normalized spacial score (nSPS) is 13.7. The van der Waals surface area contributed by atoms with Crippen LogP contribution in [-0.2, 0) is 17.9 Å². The predicted octanol–water partition coefficient (Wildman–Crippen LogP) is 4.24. The molecule has 0 aromatic heterocycles. The van der Waals surface area contributed by atoms with Gasteiger partial charge in [-0.15, -0.1) is 0 Å². The second kappa shape index (κ2) is 12.9. The third-order valence-electron chi connectivity index (χ3n) is 6.33. The van der Waals surface area contributed by atoms with Gasteiger partial charge >= 0.3 is 0 Å². The van der Waals surface area contributed by atoms with Crippen molar-refractivity contribution in [3.05, 3.63) is 77.4 Å². The first-order chi connectivity index (χ1) is 17.7. The lowest BCUT2D eigenvalue weighted by molar-refractivity contribution is 0.0384. The molecule has 1 saturated heterocycles. The monoisotopic (exact) mass is 487 g/mol. The summed E-state index contributed by atoms with van der Waals surface area (Å²) in [6, 6.07) is 21.8. The first-order valence-electron chi connectivity index (χ1n) is 12.2. The summed E-state index contributed by atoms with van der Waals surface area (Å²) in [5.74, 6) is 2.01. The molecule has 0 atom stereocenters. The number of hydrogen-bond acceptors (Lipinski definition) is 7. The molecule has 1 aliphatic rings. The lowest BCUT2D eigenvalue weighted by Gasteiger charge is -2.26. The van der Waals surface area contributed by atoms with Gasteiger partial charge < -0.3 is 24.3 Å². The fourth-order valence-electron chi connectivity index (χ4n) is 4.36. The van der Waals surface area contributed by atoms with E-state index >= 15 is 0 Å². The van der Waals surface area contributed by atoms with Crippen LogP contribution in [0.15, 0.2) is 60.7 Å². The molecule has 1 heterocycles. The molecule has 188 valence electrons. The number of hydrogen-bond donors (Lipinski definition) is 1. The van der Waals surface area contributed by atoms with Crippen LogP contribution in [0, 0.1) is 11.3 Å². The molecule has 0 amide bonds. The Morgan fingerprint density at radius 2 is 1.69 bits per heavy atom. The highest BCUT2D eigenvalue weighted by atomic mass is 16.5. The number of nitriles is 1. The highest BCUT2D eigenvalue weighted by Gasteiger charge is 2.16. The Balaban J connectivity index is 1.44. The van der Waals surface area contributed by atoms with Gasteiger partial charge in [-0.25, -0.2) is 0 Å². The summed E-state index contributed by atoms with van der Waals surface area (Å²) in [7, 11) is 3.29. The van der Waals surface area contributed by atoms with Crippen LogP contribution in [0.3, 0.4) is 0 Å². The molecule has 7 heteroatoms. The maximum atomic E-state index is 9.88. The number of rotatable bonds is 11. The predicted molar refractivity (Wildman–Crippen MR) is 139 cm³/mol. The van der Waals surface area contributed by atoms with Crippen LogP contribution in [0.25, 0.3) is 11.1 Å². The van der Waals surface area contributed by atoms with Gasteiger partial charge in [-0.2, -0.15) is 5.26 Å². The Morgan fingerprint density at radius 3 is 2.36 bits per heavy atom. The zero-order valence-electron chi connectivity index (χ0n) is 21.0. The van der Waals surface area contributed by atoms with Gasteiger partial charge in [-0.1, -0.05) is 48.5 Å². The van der Waals surface area contributed by atoms with Gasteiger partial charge in [0.1, 0.15) is 29.9 Å². The van der Waals surface area contributed by atoms with Crippen LogP contribution in [-0.4, -0.2) is 58.5 Å². The van der Waals surface area contributed by atoms with Crippen LogP contribution < -0.4 is 19.5 Å². The topological polar surface area (TPSA) is 76.0 Å². The van der Waals surface area contributed by atoms with E-state index < -0.39 is 0 Å². The minimum Gasteiger partial charge on any atom is -0.496 e. The second-order valence-corrected chi connectivity index (χ2v) is 8.54. The summed E-state index contributed by atoms with van der Waals surface area (Å²) in [4.78, 5) is 2.39. The number of ether oxygens (including phenoxy) is 4. The molecule has 1 N–H and O–H groups in total. The van der Waals surface area contributed by atoms with E-state index in [4.69, 9.17) is 18.9 Å². The molecule has 3 aromatic rings. The minimum absolute atomic E-state index is 0.257. The Morgan fingerprint density at radius 1 is 0.972 bits per heavy atom. The molecule has 0 aliphatic carbocycles. The molecule has 0 bridgehead atoms. The van der Waals surface area contributed by atoms with Crippen molar-refractivity contribution in [2.24, 2.45) is 0 Å². The lowest BCUT2D eigenvalue weighted by atomic mass is 9.96. The average molecular weight is 488 g/mol. The first-order valence-corrected chi connectivity index (χ1v) is 12.2. The Hall–Kier alpha value is -3.57. The number of benzene rings is 3. The second-order valence-electron chi connectivity index (χ2n) is 8.54. The molecule has 0 radical (unpaired) electrons. The van der Waals surface area contributed by atoms with Crippen LogP contribution in [0.4, 0.5) is 0 Å². The van der Waals surface area contributed by atoms with Gasteiger partial charge in [0.2, 0.25) is 0 Å². The third-order valence-corrected chi connectivity index (χ3v) is 6.33. The van der Waals surface area contributed by atoms with Crippen molar-refractivity contribution in [1.82, 2.24) is 10.2 Å². The summed E-state index contributed by atoms with van der Waals surface area (Å²) < 4.78 is 22.9. The van der Waals surface area contributed by atoms with Crippen LogP contribution in [0.5, 0.6) is 17.2 Å². The molecule has 1 aliphatic heterocycles. The van der Waals surface area contributed by atoms with Gasteiger partial charge in [0, 0.05) is 50.4 Å². The van der Waals surface area contributed by atoms with E-state index in [9.17, 15) is 5.26 Å². The molecule has 0 spiro atoms. The molecule has 0 saturated carbocycles. The van der Waals surface area contributed by atoms with E-state index in [-0.39, 0.29) is 6.61 Å². The molecule has 1 fully saturated rings. The maximum absolute atomic E-state index is 9.88. The van der Waals surface area contributed by atoms with E-state index in [0.717, 1.165) is 61.6 Å². The minimum atomic E-state index is 0.257. The maximum Gasteiger partial charge on any atom is 0.130 e. The number of methoxy groups -OCH3 is 2. The highest BCUT2D eigenvalue weighted by molar-refractivity contribution is 5.72. The largest absolute Gasteiger partial charge is 0.496 e. The molecule has 4 rings (SSSR count). The average Bonchev–Trinajstić information content (AvgIpc) is 2.94. The van der Waals surface area contributed by atoms with Gasteiger partial charge in [-0.3, -0.25) is 4.90 Å². The van der Waals surface area contributed by atoms with E-state index in [2.05, 4.69) is 16.3 Å². The molecule has 0 unspecified atom stereocenters. The van der Waals surface area contributed by atoms with Crippen molar-refractivity contribution in [3.63, 3.8) is 0 Å². The van der Waals surface area contributed by atoms with Gasteiger partial charge in [-0.05, 0) is 11.1 Å². The van der Waals surface area contributed by atoms with Crippen LogP contribution in [0.1, 0.15) is 16.7 Å². The van der Waals surface area contributed by atoms with Crippen molar-refractivity contribution >= 4 is 0 Å². The summed E-state index contributed by atoms with van der Waals surface area (Å²) >= 11 is 0. The van der Waals surface area contributed by atoms with E-state index in [1.54, 1.807) is 14.2 Å². The fourth-order valence-corrected chi connectivity index (χ4v) is 4.36. The van der Waals surface area contributed by atoms with Crippen molar-refractivity contribution < 1.29 is 18.9 Å². The SMILES string of the molecule is COc1cc(OCc2cccc(-c3ccccc3)c2C#N)cc(OC)c1CNCCN1CCOCC1. The molecular weight excluding hydrogens is 454 g/mol. The van der Waals surface area contributed by atoms with E-state index in [1.807, 2.05) is 60.7 Å². The zero-order valence-corrected chi connectivity index (χ0v) is 21.0. The molecule has 36 heavy (non-hydrogen) atoms. The van der Waals surface area contributed by atoms with Crippen molar-refractivity contribution in [3.8, 4) is 34.4 Å². The lowest BCUT2D eigenvalue weighted by Crippen LogP contribution is -2.40. The first kappa shape index (κ1) is 25.5. The standard InChI is InChI=1S/C29H33N3O4/c1-33-28-17-24(18-29(34-2)27(28)20-31-11-12-32-13-15-35-16-14-32)36-21-23-9-6-10-25(26(23)19-30)22-7-4-3-5-8-22/h3-10,17-18,31H,11-16,20-21H2,1-2H3. The Labute approximate surface area is 213 Å². The van der Waals surface area contributed by atoms with Crippen molar-refractivity contribution in [2.75, 3.05) is 53.6 Å². The smallest absolute Gasteiger partial charge is 0.130 e. The van der Waals surface area contributed by atoms with Crippen molar-refractivity contribution in [2.45, 2.75) is 13.2 Å². The Kier molecular flexibility index (Phi) is 9.17. The molecule has 7 nitrogen and oxygen atoms in total.